The van der Waals surface area contributed by atoms with Crippen LogP contribution < -0.4 is 4.90 Å². The molecule has 8 nitrogen and oxygen atoms in total. The fourth-order valence-electron chi connectivity index (χ4n) is 2.96. The molecule has 0 aromatic carbocycles. The summed E-state index contributed by atoms with van der Waals surface area (Å²) in [7, 11) is 0. The van der Waals surface area contributed by atoms with Crippen LogP contribution >= 0.6 is 0 Å². The largest absolute Gasteiger partial charge is 0.450 e. The number of nitrogens with zero attached hydrogens (tertiary/aromatic N) is 6. The van der Waals surface area contributed by atoms with Crippen LogP contribution in [0.15, 0.2) is 12.1 Å². The Bertz CT molecular complexity index is 764. The number of hydrogen-bond acceptors (Lipinski definition) is 6. The van der Waals surface area contributed by atoms with Crippen molar-refractivity contribution in [1.29, 1.82) is 0 Å². The average Bonchev–Trinajstić information content (AvgIpc) is 2.93. The number of rotatable bonds is 3. The minimum atomic E-state index is -0.246. The average molecular weight is 344 g/mol. The van der Waals surface area contributed by atoms with Crippen LogP contribution in [0.1, 0.15) is 24.0 Å². The maximum Gasteiger partial charge on any atom is 0.409 e. The van der Waals surface area contributed by atoms with Gasteiger partial charge in [0.15, 0.2) is 0 Å². The molecule has 134 valence electrons. The van der Waals surface area contributed by atoms with E-state index >= 15 is 0 Å². The van der Waals surface area contributed by atoms with Gasteiger partial charge >= 0.3 is 6.09 Å². The molecule has 1 saturated heterocycles. The summed E-state index contributed by atoms with van der Waals surface area (Å²) in [4.78, 5) is 24.9. The number of carbonyl (C=O) groups is 1. The number of anilines is 1. The van der Waals surface area contributed by atoms with Crippen molar-refractivity contribution >= 4 is 11.9 Å². The predicted molar refractivity (Wildman–Crippen MR) is 94.2 cm³/mol. The first-order chi connectivity index (χ1) is 12.0. The highest BCUT2D eigenvalue weighted by Crippen LogP contribution is 2.18. The molecule has 3 heterocycles. The summed E-state index contributed by atoms with van der Waals surface area (Å²) < 4.78 is 6.83. The first kappa shape index (κ1) is 17.2. The SMILES string of the molecule is CCOC(=O)N1CCN(c2cc(C)nc(-n3nc(C)cc3C)n2)CC1. The van der Waals surface area contributed by atoms with E-state index in [0.29, 0.717) is 38.7 Å². The van der Waals surface area contributed by atoms with Crippen LogP contribution in [0.2, 0.25) is 0 Å². The Balaban J connectivity index is 1.78. The normalized spacial score (nSPS) is 14.7. The van der Waals surface area contributed by atoms with Crippen molar-refractivity contribution in [2.45, 2.75) is 27.7 Å². The summed E-state index contributed by atoms with van der Waals surface area (Å²) in [6, 6.07) is 3.97. The van der Waals surface area contributed by atoms with Crippen LogP contribution in [0.4, 0.5) is 10.6 Å². The van der Waals surface area contributed by atoms with Crippen molar-refractivity contribution in [3.63, 3.8) is 0 Å². The van der Waals surface area contributed by atoms with Gasteiger partial charge in [0.1, 0.15) is 5.82 Å². The fraction of sp³-hybridized carbons (Fsp3) is 0.529. The summed E-state index contributed by atoms with van der Waals surface area (Å²) in [5.74, 6) is 1.44. The summed E-state index contributed by atoms with van der Waals surface area (Å²) in [5, 5.41) is 4.47. The van der Waals surface area contributed by atoms with Gasteiger partial charge in [-0.15, -0.1) is 0 Å². The molecule has 0 radical (unpaired) electrons. The van der Waals surface area contributed by atoms with Gasteiger partial charge in [0, 0.05) is 43.6 Å². The van der Waals surface area contributed by atoms with Gasteiger partial charge in [-0.2, -0.15) is 10.1 Å². The molecule has 0 bridgehead atoms. The van der Waals surface area contributed by atoms with Gasteiger partial charge in [0.2, 0.25) is 0 Å². The second kappa shape index (κ2) is 7.08. The lowest BCUT2D eigenvalue weighted by molar-refractivity contribution is 0.105. The molecule has 1 aliphatic heterocycles. The molecule has 0 aliphatic carbocycles. The lowest BCUT2D eigenvalue weighted by atomic mass is 10.3. The van der Waals surface area contributed by atoms with E-state index in [2.05, 4.69) is 20.0 Å². The zero-order valence-corrected chi connectivity index (χ0v) is 15.2. The monoisotopic (exact) mass is 344 g/mol. The molecule has 2 aromatic rings. The van der Waals surface area contributed by atoms with E-state index in [-0.39, 0.29) is 6.09 Å². The summed E-state index contributed by atoms with van der Waals surface area (Å²) >= 11 is 0. The van der Waals surface area contributed by atoms with Crippen molar-refractivity contribution in [2.75, 3.05) is 37.7 Å². The van der Waals surface area contributed by atoms with E-state index in [1.807, 2.05) is 39.8 Å². The summed E-state index contributed by atoms with van der Waals surface area (Å²) in [6.45, 7) is 10.8. The molecule has 0 saturated carbocycles. The van der Waals surface area contributed by atoms with E-state index in [0.717, 1.165) is 22.9 Å². The number of hydrogen-bond donors (Lipinski definition) is 0. The Morgan fingerprint density at radius 3 is 2.40 bits per heavy atom. The van der Waals surface area contributed by atoms with Gasteiger partial charge < -0.3 is 14.5 Å². The lowest BCUT2D eigenvalue weighted by Gasteiger charge is -2.34. The van der Waals surface area contributed by atoms with Gasteiger partial charge in [0.05, 0.1) is 12.3 Å². The summed E-state index contributed by atoms with van der Waals surface area (Å²) in [6.07, 6.45) is -0.246. The highest BCUT2D eigenvalue weighted by molar-refractivity contribution is 5.68. The standard InChI is InChI=1S/C17H24N6O2/c1-5-25-17(24)22-8-6-21(7-9-22)15-11-12(2)18-16(19-15)23-14(4)10-13(3)20-23/h10-11H,5-9H2,1-4H3. The maximum absolute atomic E-state index is 11.8. The minimum absolute atomic E-state index is 0.246. The second-order valence-electron chi connectivity index (χ2n) is 6.18. The summed E-state index contributed by atoms with van der Waals surface area (Å²) in [5.41, 5.74) is 2.83. The first-order valence-electron chi connectivity index (χ1n) is 8.54. The molecular formula is C17H24N6O2. The lowest BCUT2D eigenvalue weighted by Crippen LogP contribution is -2.49. The van der Waals surface area contributed by atoms with Crippen molar-refractivity contribution in [3.8, 4) is 5.95 Å². The highest BCUT2D eigenvalue weighted by atomic mass is 16.6. The number of piperazine rings is 1. The van der Waals surface area contributed by atoms with Crippen LogP contribution in [0.25, 0.3) is 5.95 Å². The number of ether oxygens (including phenoxy) is 1. The van der Waals surface area contributed by atoms with Gasteiger partial charge in [-0.3, -0.25) is 0 Å². The maximum atomic E-state index is 11.8. The smallest absolute Gasteiger partial charge is 0.409 e. The molecule has 1 amide bonds. The Labute approximate surface area is 147 Å². The molecule has 1 fully saturated rings. The number of aromatic nitrogens is 4. The number of amides is 1. The van der Waals surface area contributed by atoms with Gasteiger partial charge in [-0.25, -0.2) is 14.5 Å². The molecule has 25 heavy (non-hydrogen) atoms. The van der Waals surface area contributed by atoms with Gasteiger partial charge in [-0.1, -0.05) is 0 Å². The zero-order chi connectivity index (χ0) is 18.0. The fourth-order valence-corrected chi connectivity index (χ4v) is 2.96. The molecule has 0 spiro atoms. The van der Waals surface area contributed by atoms with Crippen molar-refractivity contribution < 1.29 is 9.53 Å². The first-order valence-corrected chi connectivity index (χ1v) is 8.54. The van der Waals surface area contributed by atoms with Crippen molar-refractivity contribution in [3.05, 3.63) is 29.2 Å². The molecule has 8 heteroatoms. The minimum Gasteiger partial charge on any atom is -0.450 e. The Morgan fingerprint density at radius 1 is 1.08 bits per heavy atom. The van der Waals surface area contributed by atoms with Crippen LogP contribution in [-0.4, -0.2) is 63.5 Å². The van der Waals surface area contributed by atoms with E-state index < -0.39 is 0 Å². The van der Waals surface area contributed by atoms with Gasteiger partial charge in [0.25, 0.3) is 5.95 Å². The molecular weight excluding hydrogens is 320 g/mol. The second-order valence-corrected chi connectivity index (χ2v) is 6.18. The molecule has 0 N–H and O–H groups in total. The van der Waals surface area contributed by atoms with E-state index in [4.69, 9.17) is 4.74 Å². The van der Waals surface area contributed by atoms with E-state index in [1.54, 1.807) is 9.58 Å². The topological polar surface area (TPSA) is 76.4 Å². The Hall–Kier alpha value is -2.64. The molecule has 1 aliphatic rings. The molecule has 3 rings (SSSR count). The van der Waals surface area contributed by atoms with Crippen molar-refractivity contribution in [2.24, 2.45) is 0 Å². The van der Waals surface area contributed by atoms with Gasteiger partial charge in [-0.05, 0) is 33.8 Å². The Kier molecular flexibility index (Phi) is 4.87. The Morgan fingerprint density at radius 2 is 1.80 bits per heavy atom. The zero-order valence-electron chi connectivity index (χ0n) is 15.2. The number of aryl methyl sites for hydroxylation is 3. The number of carbonyl (C=O) groups excluding carboxylic acids is 1. The highest BCUT2D eigenvalue weighted by Gasteiger charge is 2.23. The molecule has 0 atom stereocenters. The predicted octanol–water partition coefficient (Wildman–Crippen LogP) is 1.87. The van der Waals surface area contributed by atoms with Crippen molar-refractivity contribution in [1.82, 2.24) is 24.6 Å². The van der Waals surface area contributed by atoms with E-state index in [1.165, 1.54) is 0 Å². The van der Waals surface area contributed by atoms with E-state index in [9.17, 15) is 4.79 Å². The third-order valence-electron chi connectivity index (χ3n) is 4.16. The van der Waals surface area contributed by atoms with Crippen LogP contribution in [0.5, 0.6) is 0 Å². The van der Waals surface area contributed by atoms with Crippen LogP contribution in [0.3, 0.4) is 0 Å². The third-order valence-corrected chi connectivity index (χ3v) is 4.16. The van der Waals surface area contributed by atoms with Crippen LogP contribution in [0, 0.1) is 20.8 Å². The third kappa shape index (κ3) is 3.72. The molecule has 0 unspecified atom stereocenters. The quantitative estimate of drug-likeness (QED) is 0.846. The molecule has 2 aromatic heterocycles. The van der Waals surface area contributed by atoms with Crippen LogP contribution in [-0.2, 0) is 4.74 Å².